The van der Waals surface area contributed by atoms with Crippen molar-refractivity contribution >= 4 is 87.5 Å². The summed E-state index contributed by atoms with van der Waals surface area (Å²) in [6.07, 6.45) is 0. The quantitative estimate of drug-likeness (QED) is 0.119. The van der Waals surface area contributed by atoms with Gasteiger partial charge >= 0.3 is 87.5 Å². The van der Waals surface area contributed by atoms with Crippen molar-refractivity contribution in [2.45, 2.75) is 0 Å². The fraction of sp³-hybridized carbons (Fsp3) is 0. The summed E-state index contributed by atoms with van der Waals surface area (Å²) in [7, 11) is 0. The molecule has 0 spiro atoms. The van der Waals surface area contributed by atoms with Crippen LogP contribution in [0, 0.1) is 0 Å². The molecule has 20 heavy (non-hydrogen) atoms. The van der Waals surface area contributed by atoms with Crippen molar-refractivity contribution in [1.29, 1.82) is 0 Å². The molecule has 0 amide bonds. The van der Waals surface area contributed by atoms with E-state index in [1.807, 2.05) is 0 Å². The van der Waals surface area contributed by atoms with Gasteiger partial charge in [-0.25, -0.2) is 28.8 Å². The molecule has 0 aromatic rings. The molecule has 2 N–H and O–H groups in total. The summed E-state index contributed by atoms with van der Waals surface area (Å²) in [6, 6.07) is 0. The van der Waals surface area contributed by atoms with E-state index in [9.17, 15) is 28.8 Å². The van der Waals surface area contributed by atoms with E-state index in [1.54, 1.807) is 0 Å². The van der Waals surface area contributed by atoms with Gasteiger partial charge in [0.05, 0.1) is 0 Å². The van der Waals surface area contributed by atoms with E-state index in [0.717, 1.165) is 0 Å². The first-order valence-electron chi connectivity index (χ1n) is 3.24. The van der Waals surface area contributed by atoms with Crippen LogP contribution in [0.4, 0.5) is 0 Å². The Balaban J connectivity index is -0.000000187. The van der Waals surface area contributed by atoms with Crippen LogP contribution in [-0.2, 0) is 77.2 Å². The number of hydrogen-bond acceptors (Lipinski definition) is 8. The second kappa shape index (κ2) is 15.6. The molecule has 0 saturated carbocycles. The van der Waals surface area contributed by atoms with Gasteiger partial charge < -0.3 is 19.7 Å². The number of esters is 4. The van der Waals surface area contributed by atoms with Gasteiger partial charge in [0.25, 0.3) is 0 Å². The van der Waals surface area contributed by atoms with Crippen molar-refractivity contribution in [1.82, 2.24) is 0 Å². The summed E-state index contributed by atoms with van der Waals surface area (Å²) >= 11 is 0. The summed E-state index contributed by atoms with van der Waals surface area (Å²) in [5.41, 5.74) is 0. The molecule has 102 valence electrons. The SMILES string of the molecule is O=C(O)C(=O)OC(=O)C(=O)OC(=O)C(=O)O.[InH3].[InH3].[Zn].[Zn]. The van der Waals surface area contributed by atoms with Gasteiger partial charge in [0.1, 0.15) is 0 Å². The van der Waals surface area contributed by atoms with E-state index in [1.165, 1.54) is 0 Å². The number of ether oxygens (including phenoxy) is 2. The van der Waals surface area contributed by atoms with Gasteiger partial charge in [0.15, 0.2) is 0 Å². The summed E-state index contributed by atoms with van der Waals surface area (Å²) in [6.45, 7) is 0. The first-order chi connectivity index (χ1) is 7.25. The van der Waals surface area contributed by atoms with Gasteiger partial charge in [-0.3, -0.25) is 0 Å². The van der Waals surface area contributed by atoms with Crippen molar-refractivity contribution in [3.8, 4) is 0 Å². The van der Waals surface area contributed by atoms with Crippen LogP contribution in [0.15, 0.2) is 0 Å². The van der Waals surface area contributed by atoms with Crippen molar-refractivity contribution in [2.75, 3.05) is 0 Å². The molecule has 0 heterocycles. The summed E-state index contributed by atoms with van der Waals surface area (Å²) in [5, 5.41) is 15.9. The molecule has 0 radical (unpaired) electrons. The first-order valence-corrected chi connectivity index (χ1v) is 3.24. The Morgan fingerprint density at radius 2 is 0.750 bits per heavy atom. The molecule has 0 aromatic heterocycles. The minimum Gasteiger partial charge on any atom is 0 e. The maximum Gasteiger partial charge on any atom is 0 e. The third kappa shape index (κ3) is 13.2. The zero-order valence-corrected chi connectivity index (χ0v) is 14.5. The molecule has 0 saturated heterocycles. The average molecular weight is 601 g/mol. The molecular weight excluding hydrogens is 592 g/mol. The largest absolute Gasteiger partial charge is 0 e. The second-order valence-electron chi connectivity index (χ2n) is 1.96. The van der Waals surface area contributed by atoms with Crippen LogP contribution in [0.2, 0.25) is 0 Å². The van der Waals surface area contributed by atoms with Gasteiger partial charge in [0.2, 0.25) is 0 Å². The molecule has 0 unspecified atom stereocenters. The molecule has 0 fully saturated rings. The van der Waals surface area contributed by atoms with E-state index < -0.39 is 35.8 Å². The van der Waals surface area contributed by atoms with Crippen LogP contribution in [-0.4, -0.2) is 97.7 Å². The van der Waals surface area contributed by atoms with E-state index in [4.69, 9.17) is 10.2 Å². The molecule has 0 aliphatic carbocycles. The number of carboxylic acids is 2. The van der Waals surface area contributed by atoms with Gasteiger partial charge in [-0.15, -0.1) is 0 Å². The maximum absolute atomic E-state index is 10.5. The molecule has 14 heteroatoms. The minimum absolute atomic E-state index is 0. The van der Waals surface area contributed by atoms with Crippen molar-refractivity contribution in [3.05, 3.63) is 0 Å². The van der Waals surface area contributed by atoms with E-state index in [2.05, 4.69) is 9.47 Å². The Kier molecular flexibility index (Phi) is 25.1. The number of rotatable bonds is 0. The molecule has 10 nitrogen and oxygen atoms in total. The van der Waals surface area contributed by atoms with Crippen LogP contribution in [0.5, 0.6) is 0 Å². The Bertz CT molecular complexity index is 371. The monoisotopic (exact) mass is 598 g/mol. The summed E-state index contributed by atoms with van der Waals surface area (Å²) < 4.78 is 6.71. The molecule has 0 rings (SSSR count). The molecule has 0 aliphatic heterocycles. The normalized spacial score (nSPS) is 7.00. The van der Waals surface area contributed by atoms with Crippen LogP contribution in [0.3, 0.4) is 0 Å². The van der Waals surface area contributed by atoms with Crippen LogP contribution in [0.25, 0.3) is 0 Å². The van der Waals surface area contributed by atoms with E-state index >= 15 is 0 Å². The number of aliphatic carboxylic acids is 2. The van der Waals surface area contributed by atoms with Gasteiger partial charge in [-0.1, -0.05) is 0 Å². The topological polar surface area (TPSA) is 161 Å². The Morgan fingerprint density at radius 1 is 0.550 bits per heavy atom. The first kappa shape index (κ1) is 32.2. The van der Waals surface area contributed by atoms with Gasteiger partial charge in [-0.05, 0) is 0 Å². The minimum atomic E-state index is -2.16. The molecular formula is C6H8In2O10Zn2. The average Bonchev–Trinajstić information content (AvgIpc) is 2.16. The molecule has 0 atom stereocenters. The smallest absolute Gasteiger partial charge is 0 e. The number of hydrogen-bond donors (Lipinski definition) is 2. The van der Waals surface area contributed by atoms with E-state index in [0.29, 0.717) is 0 Å². The third-order valence-electron chi connectivity index (χ3n) is 0.887. The predicted molar refractivity (Wildman–Crippen MR) is 57.3 cm³/mol. The molecule has 0 aromatic carbocycles. The fourth-order valence-corrected chi connectivity index (χ4v) is 0.339. The Labute approximate surface area is 173 Å². The fourth-order valence-electron chi connectivity index (χ4n) is 0.339. The predicted octanol–water partition coefficient (Wildman–Crippen LogP) is -5.08. The summed E-state index contributed by atoms with van der Waals surface area (Å²) in [4.78, 5) is 61.1. The van der Waals surface area contributed by atoms with E-state index in [-0.39, 0.29) is 90.6 Å². The second-order valence-corrected chi connectivity index (χ2v) is 1.96. The zero-order valence-electron chi connectivity index (χ0n) is 8.57. The third-order valence-corrected chi connectivity index (χ3v) is 0.887. The van der Waals surface area contributed by atoms with Crippen molar-refractivity contribution < 1.29 is 87.4 Å². The van der Waals surface area contributed by atoms with Crippen LogP contribution < -0.4 is 0 Å². The zero-order chi connectivity index (χ0) is 12.9. The maximum atomic E-state index is 10.5. The van der Waals surface area contributed by atoms with Crippen LogP contribution in [0.1, 0.15) is 0 Å². The number of carboxylic acid groups (broad SMARTS) is 2. The molecule has 0 bridgehead atoms. The Hall–Kier alpha value is 0.207. The van der Waals surface area contributed by atoms with Gasteiger partial charge in [0, 0.05) is 39.0 Å². The number of carbonyl (C=O) groups excluding carboxylic acids is 4. The van der Waals surface area contributed by atoms with Crippen LogP contribution >= 0.6 is 0 Å². The van der Waals surface area contributed by atoms with Crippen molar-refractivity contribution in [2.24, 2.45) is 0 Å². The summed E-state index contributed by atoms with van der Waals surface area (Å²) in [5.74, 6) is -12.7. The van der Waals surface area contributed by atoms with Gasteiger partial charge in [-0.2, -0.15) is 0 Å². The number of carbonyl (C=O) groups is 6. The molecule has 0 aliphatic rings. The standard InChI is InChI=1S/C6H2O10.2In.2Zn.6H/c7-1(8)3(11)15-5(13)6(14)16-4(12)2(9)10;;;;;;;;;;/h(H,7,8)(H,9,10);;;;;;;;;;. The van der Waals surface area contributed by atoms with Crippen molar-refractivity contribution in [3.63, 3.8) is 0 Å². The Morgan fingerprint density at radius 3 is 0.900 bits per heavy atom.